The summed E-state index contributed by atoms with van der Waals surface area (Å²) in [4.78, 5) is 13.7. The molecule has 328 valence electrons. The molecule has 0 bridgehead atoms. The van der Waals surface area contributed by atoms with Crippen molar-refractivity contribution in [1.82, 2.24) is 0 Å². The Hall–Kier alpha value is -1.35. The largest absolute Gasteiger partial charge is 0.463 e. The lowest BCUT2D eigenvalue weighted by Gasteiger charge is -2.43. The molecule has 14 N–H and O–H groups in total. The van der Waals surface area contributed by atoms with Crippen LogP contribution in [0.2, 0.25) is 0 Å². The van der Waals surface area contributed by atoms with Crippen molar-refractivity contribution in [1.29, 1.82) is 0 Å². The van der Waals surface area contributed by atoms with Crippen molar-refractivity contribution < 1.29 is 81.0 Å². The smallest absolute Gasteiger partial charge is 0.309 e. The van der Waals surface area contributed by atoms with Crippen molar-refractivity contribution in [3.63, 3.8) is 0 Å². The number of unbranched alkanes of at least 4 members (excludes halogenated alkanes) is 7. The summed E-state index contributed by atoms with van der Waals surface area (Å²) in [5, 5.41) is 140. The first kappa shape index (κ1) is 53.6. The highest BCUT2D eigenvalue weighted by atomic mass is 16.5. The van der Waals surface area contributed by atoms with Gasteiger partial charge < -0.3 is 76.2 Å². The third kappa shape index (κ3) is 24.9. The Bertz CT molecular complexity index is 928. The Balaban J connectivity index is 6.45. The highest BCUT2D eigenvalue weighted by Gasteiger charge is 2.44. The lowest BCUT2D eigenvalue weighted by Crippen LogP contribution is -2.44. The molecule has 0 fully saturated rings. The first-order valence-electron chi connectivity index (χ1n) is 20.2. The van der Waals surface area contributed by atoms with Crippen LogP contribution in [0.15, 0.2) is 12.2 Å². The maximum absolute atomic E-state index is 13.7. The van der Waals surface area contributed by atoms with E-state index in [2.05, 4.69) is 0 Å². The fraction of sp³-hybridized carbons (Fsp3) is 0.923. The van der Waals surface area contributed by atoms with Gasteiger partial charge in [-0.3, -0.25) is 4.79 Å². The second-order valence-electron chi connectivity index (χ2n) is 15.1. The normalized spacial score (nSPS) is 18.9. The minimum atomic E-state index is -1.46. The van der Waals surface area contributed by atoms with Gasteiger partial charge in [0.25, 0.3) is 0 Å². The first-order valence-corrected chi connectivity index (χ1v) is 20.2. The van der Waals surface area contributed by atoms with Gasteiger partial charge in [0.15, 0.2) is 0 Å². The minimum Gasteiger partial charge on any atom is -0.463 e. The first-order chi connectivity index (χ1) is 26.3. The lowest BCUT2D eigenvalue weighted by molar-refractivity contribution is -0.159. The number of aliphatic hydroxyl groups excluding tert-OH is 14. The summed E-state index contributed by atoms with van der Waals surface area (Å²) in [5.74, 6) is -5.61. The van der Waals surface area contributed by atoms with Crippen LogP contribution < -0.4 is 0 Å². The molecule has 0 aliphatic rings. The Morgan fingerprint density at radius 1 is 0.418 bits per heavy atom. The van der Waals surface area contributed by atoms with Gasteiger partial charge in [0, 0.05) is 0 Å². The second-order valence-corrected chi connectivity index (χ2v) is 15.1. The Morgan fingerprint density at radius 3 is 1.36 bits per heavy atom. The standard InChI is InChI=1S/C39H76O16/c40-19-28(47)13-11-9-7-5-3-1-2-4-6-8-10-12-27(14-29(48)20-41)35(15-30(49)21-42)36(16-31(50)22-43)37(17-32(51)23-44)38(18-33(52)24-45)39(54)55-26-34(53)25-46/h6,8,27-38,40-53H,1-5,7,9-26H2. The van der Waals surface area contributed by atoms with Crippen molar-refractivity contribution >= 4 is 5.97 Å². The maximum atomic E-state index is 13.7. The van der Waals surface area contributed by atoms with Crippen LogP contribution in [0.1, 0.15) is 103 Å². The Labute approximate surface area is 326 Å². The van der Waals surface area contributed by atoms with Crippen LogP contribution in [0.5, 0.6) is 0 Å². The molecule has 0 aliphatic heterocycles. The summed E-state index contributed by atoms with van der Waals surface area (Å²) in [6.45, 7) is -5.02. The molecule has 0 amide bonds. The summed E-state index contributed by atoms with van der Waals surface area (Å²) < 4.78 is 5.28. The van der Waals surface area contributed by atoms with E-state index in [1.54, 1.807) is 0 Å². The van der Waals surface area contributed by atoms with Gasteiger partial charge in [0.2, 0.25) is 0 Å². The molecule has 0 aromatic carbocycles. The van der Waals surface area contributed by atoms with Gasteiger partial charge in [0.1, 0.15) is 12.7 Å². The summed E-state index contributed by atoms with van der Waals surface area (Å²) >= 11 is 0. The van der Waals surface area contributed by atoms with Crippen molar-refractivity contribution in [3.8, 4) is 0 Å². The van der Waals surface area contributed by atoms with Gasteiger partial charge in [0.05, 0.1) is 88.8 Å². The molecule has 0 aromatic rings. The molecule has 0 spiro atoms. The van der Waals surface area contributed by atoms with Gasteiger partial charge in [-0.2, -0.15) is 0 Å². The molecule has 0 saturated heterocycles. The zero-order valence-corrected chi connectivity index (χ0v) is 32.6. The molecule has 0 saturated carbocycles. The van der Waals surface area contributed by atoms with Crippen molar-refractivity contribution in [2.24, 2.45) is 29.6 Å². The van der Waals surface area contributed by atoms with Crippen LogP contribution >= 0.6 is 0 Å². The zero-order valence-electron chi connectivity index (χ0n) is 32.6. The number of ether oxygens (including phenoxy) is 1. The lowest BCUT2D eigenvalue weighted by atomic mass is 9.63. The van der Waals surface area contributed by atoms with Gasteiger partial charge in [-0.05, 0) is 87.9 Å². The van der Waals surface area contributed by atoms with E-state index >= 15 is 0 Å². The average molecular weight is 801 g/mol. The second kappa shape index (κ2) is 33.6. The number of carbonyl (C=O) groups is 1. The summed E-state index contributed by atoms with van der Waals surface area (Å²) in [6.07, 6.45) is 3.51. The summed E-state index contributed by atoms with van der Waals surface area (Å²) in [5.41, 5.74) is 0. The van der Waals surface area contributed by atoms with E-state index in [1.807, 2.05) is 12.2 Å². The van der Waals surface area contributed by atoms with E-state index < -0.39 is 131 Å². The predicted octanol–water partition coefficient (Wildman–Crippen LogP) is -1.12. The van der Waals surface area contributed by atoms with Gasteiger partial charge in [-0.1, -0.05) is 50.7 Å². The van der Waals surface area contributed by atoms with Gasteiger partial charge >= 0.3 is 5.97 Å². The van der Waals surface area contributed by atoms with Crippen LogP contribution in [0, 0.1) is 29.6 Å². The van der Waals surface area contributed by atoms with E-state index in [0.29, 0.717) is 19.3 Å². The monoisotopic (exact) mass is 801 g/mol. The van der Waals surface area contributed by atoms with Crippen LogP contribution in [0.4, 0.5) is 0 Å². The Kier molecular flexibility index (Phi) is 32.8. The van der Waals surface area contributed by atoms with Crippen LogP contribution in [-0.4, -0.2) is 173 Å². The molecule has 0 aliphatic carbocycles. The van der Waals surface area contributed by atoms with Crippen LogP contribution in [0.25, 0.3) is 0 Å². The number of aliphatic hydroxyl groups is 14. The van der Waals surface area contributed by atoms with E-state index in [0.717, 1.165) is 51.4 Å². The molecule has 12 unspecified atom stereocenters. The number of esters is 1. The molecular formula is C39H76O16. The van der Waals surface area contributed by atoms with Crippen molar-refractivity contribution in [3.05, 3.63) is 12.2 Å². The number of allylic oxidation sites excluding steroid dienone is 2. The highest BCUT2D eigenvalue weighted by molar-refractivity contribution is 5.73. The molecule has 12 atom stereocenters. The van der Waals surface area contributed by atoms with Crippen LogP contribution in [0.3, 0.4) is 0 Å². The fourth-order valence-corrected chi connectivity index (χ4v) is 7.43. The molecule has 0 heterocycles. The Morgan fingerprint density at radius 2 is 0.836 bits per heavy atom. The van der Waals surface area contributed by atoms with Crippen molar-refractivity contribution in [2.75, 3.05) is 52.9 Å². The van der Waals surface area contributed by atoms with Gasteiger partial charge in [-0.15, -0.1) is 0 Å². The summed E-state index contributed by atoms with van der Waals surface area (Å²) in [7, 11) is 0. The number of hydrogen-bond donors (Lipinski definition) is 14. The quantitative estimate of drug-likeness (QED) is 0.0201. The van der Waals surface area contributed by atoms with E-state index in [9.17, 15) is 71.2 Å². The van der Waals surface area contributed by atoms with Crippen molar-refractivity contribution in [2.45, 2.75) is 145 Å². The highest BCUT2D eigenvalue weighted by Crippen LogP contribution is 2.44. The molecule has 55 heavy (non-hydrogen) atoms. The van der Waals surface area contributed by atoms with E-state index in [-0.39, 0.29) is 32.3 Å². The third-order valence-electron chi connectivity index (χ3n) is 10.4. The van der Waals surface area contributed by atoms with E-state index in [4.69, 9.17) is 9.84 Å². The number of rotatable bonds is 37. The SMILES string of the molecule is O=C(OCC(O)CO)C(CC(O)CO)C(CC(O)CO)C(CC(O)CO)C(CC(O)CO)C(CCC=CCCCCCCCCCC(O)CO)CC(O)CO. The zero-order chi connectivity index (χ0) is 41.6. The number of carbonyl (C=O) groups excluding carboxylic acids is 1. The van der Waals surface area contributed by atoms with Crippen LogP contribution in [-0.2, 0) is 9.53 Å². The molecule has 0 aromatic heterocycles. The van der Waals surface area contributed by atoms with Gasteiger partial charge in [-0.25, -0.2) is 0 Å². The molecule has 16 nitrogen and oxygen atoms in total. The molecular weight excluding hydrogens is 724 g/mol. The van der Waals surface area contributed by atoms with E-state index in [1.165, 1.54) is 0 Å². The fourth-order valence-electron chi connectivity index (χ4n) is 7.43. The molecule has 16 heteroatoms. The topological polar surface area (TPSA) is 310 Å². The predicted molar refractivity (Wildman–Crippen MR) is 203 cm³/mol. The average Bonchev–Trinajstić information content (AvgIpc) is 3.19. The number of hydrogen-bond acceptors (Lipinski definition) is 16. The minimum absolute atomic E-state index is 0.00415. The molecule has 0 rings (SSSR count). The third-order valence-corrected chi connectivity index (χ3v) is 10.4. The maximum Gasteiger partial charge on any atom is 0.309 e. The summed E-state index contributed by atoms with van der Waals surface area (Å²) in [6, 6.07) is 0. The molecule has 0 radical (unpaired) electrons.